The molecular weight excluding hydrogens is 353 g/mol. The lowest BCUT2D eigenvalue weighted by atomic mass is 10.1. The lowest BCUT2D eigenvalue weighted by molar-refractivity contribution is -0.0498. The van der Waals surface area contributed by atoms with Gasteiger partial charge in [-0.2, -0.15) is 8.78 Å². The number of methoxy groups -OCH3 is 1. The predicted molar refractivity (Wildman–Crippen MR) is 82.1 cm³/mol. The molecule has 0 unspecified atom stereocenters. The van der Waals surface area contributed by atoms with Crippen molar-refractivity contribution in [1.29, 1.82) is 0 Å². The molecule has 0 aliphatic rings. The van der Waals surface area contributed by atoms with Crippen LogP contribution in [0.1, 0.15) is 10.5 Å². The molecule has 0 aliphatic carbocycles. The molecule has 0 saturated carbocycles. The zero-order valence-electron chi connectivity index (χ0n) is 11.6. The van der Waals surface area contributed by atoms with Crippen molar-refractivity contribution in [2.45, 2.75) is 6.61 Å². The largest absolute Gasteiger partial charge is 0.464 e. The van der Waals surface area contributed by atoms with Crippen molar-refractivity contribution >= 4 is 34.9 Å². The maximum atomic E-state index is 12.1. The van der Waals surface area contributed by atoms with Crippen LogP contribution >= 0.6 is 23.2 Å². The fraction of sp³-hybridized carbons (Fsp3) is 0.143. The highest BCUT2D eigenvalue weighted by Crippen LogP contribution is 2.37. The minimum Gasteiger partial charge on any atom is -0.464 e. The van der Waals surface area contributed by atoms with Crippen molar-refractivity contribution in [3.8, 4) is 17.0 Å². The molecule has 2 aromatic rings. The van der Waals surface area contributed by atoms with Gasteiger partial charge in [0.25, 0.3) is 0 Å². The number of hydrogen-bond donors (Lipinski definition) is 1. The van der Waals surface area contributed by atoms with Crippen molar-refractivity contribution in [2.75, 3.05) is 12.8 Å². The number of hydrogen-bond acceptors (Lipinski definition) is 5. The van der Waals surface area contributed by atoms with E-state index >= 15 is 0 Å². The second-order valence-corrected chi connectivity index (χ2v) is 5.00. The molecule has 9 heteroatoms. The van der Waals surface area contributed by atoms with Gasteiger partial charge in [0.05, 0.1) is 28.5 Å². The van der Waals surface area contributed by atoms with Crippen molar-refractivity contribution in [3.63, 3.8) is 0 Å². The first-order chi connectivity index (χ1) is 10.8. The third-order valence-corrected chi connectivity index (χ3v) is 3.61. The topological polar surface area (TPSA) is 74.4 Å². The number of nitrogens with zero attached hydrogens (tertiary/aromatic N) is 1. The first-order valence-corrected chi connectivity index (χ1v) is 6.88. The molecule has 1 heterocycles. The fourth-order valence-electron chi connectivity index (χ4n) is 1.78. The summed E-state index contributed by atoms with van der Waals surface area (Å²) in [5.41, 5.74) is 6.14. The Balaban J connectivity index is 2.50. The number of carbonyl (C=O) groups is 1. The van der Waals surface area contributed by atoms with Gasteiger partial charge < -0.3 is 15.2 Å². The monoisotopic (exact) mass is 362 g/mol. The molecule has 0 aliphatic heterocycles. The van der Waals surface area contributed by atoms with E-state index in [2.05, 4.69) is 14.5 Å². The zero-order chi connectivity index (χ0) is 17.1. The Bertz CT molecular complexity index is 740. The average Bonchev–Trinajstić information content (AvgIpc) is 2.53. The van der Waals surface area contributed by atoms with Gasteiger partial charge in [0.15, 0.2) is 5.69 Å². The van der Waals surface area contributed by atoms with Crippen LogP contribution < -0.4 is 10.5 Å². The van der Waals surface area contributed by atoms with Gasteiger partial charge in [-0.1, -0.05) is 23.2 Å². The van der Waals surface area contributed by atoms with E-state index in [4.69, 9.17) is 28.9 Å². The third kappa shape index (κ3) is 3.62. The maximum absolute atomic E-state index is 12.1. The molecule has 5 nitrogen and oxygen atoms in total. The van der Waals surface area contributed by atoms with Crippen LogP contribution in [0, 0.1) is 0 Å². The average molecular weight is 363 g/mol. The molecule has 0 amide bonds. The minimum absolute atomic E-state index is 0.0324. The second kappa shape index (κ2) is 6.97. The Labute approximate surface area is 139 Å². The minimum atomic E-state index is -2.93. The summed E-state index contributed by atoms with van der Waals surface area (Å²) >= 11 is 12.0. The van der Waals surface area contributed by atoms with Gasteiger partial charge >= 0.3 is 12.6 Å². The van der Waals surface area contributed by atoms with Crippen LogP contribution in [0.3, 0.4) is 0 Å². The number of nitrogen functional groups attached to an aromatic ring is 1. The SMILES string of the molecule is COC(=O)c1nc(-c2ccc(OC(F)F)cc2)c(Cl)c(N)c1Cl. The van der Waals surface area contributed by atoms with E-state index in [0.717, 1.165) is 0 Å². The molecule has 1 aromatic carbocycles. The summed E-state index contributed by atoms with van der Waals surface area (Å²) in [7, 11) is 1.17. The van der Waals surface area contributed by atoms with Crippen LogP contribution in [0.15, 0.2) is 24.3 Å². The molecule has 2 N–H and O–H groups in total. The summed E-state index contributed by atoms with van der Waals surface area (Å²) in [5, 5.41) is -0.0894. The molecule has 23 heavy (non-hydrogen) atoms. The number of ether oxygens (including phenoxy) is 2. The summed E-state index contributed by atoms with van der Waals surface area (Å²) in [4.78, 5) is 15.7. The van der Waals surface area contributed by atoms with Gasteiger partial charge in [-0.15, -0.1) is 0 Å². The van der Waals surface area contributed by atoms with Crippen molar-refractivity contribution in [3.05, 3.63) is 40.0 Å². The summed E-state index contributed by atoms with van der Waals surface area (Å²) in [5.74, 6) is -0.813. The van der Waals surface area contributed by atoms with Crippen molar-refractivity contribution < 1.29 is 23.0 Å². The Morgan fingerprint density at radius 1 is 1.22 bits per heavy atom. The number of rotatable bonds is 4. The Kier molecular flexibility index (Phi) is 5.23. The Morgan fingerprint density at radius 2 is 1.83 bits per heavy atom. The summed E-state index contributed by atoms with van der Waals surface area (Å²) in [6.45, 7) is -2.93. The maximum Gasteiger partial charge on any atom is 0.387 e. The van der Waals surface area contributed by atoms with Gasteiger partial charge in [-0.25, -0.2) is 9.78 Å². The molecular formula is C14H10Cl2F2N2O3. The number of nitrogens with two attached hydrogens (primary N) is 1. The summed E-state index contributed by atoms with van der Waals surface area (Å²) < 4.78 is 33.1. The number of esters is 1. The van der Waals surface area contributed by atoms with E-state index in [1.54, 1.807) is 0 Å². The molecule has 122 valence electrons. The summed E-state index contributed by atoms with van der Waals surface area (Å²) in [6.07, 6.45) is 0. The first-order valence-electron chi connectivity index (χ1n) is 6.13. The van der Waals surface area contributed by atoms with Crippen LogP contribution in [-0.2, 0) is 4.74 Å². The van der Waals surface area contributed by atoms with Crippen LogP contribution in [0.5, 0.6) is 5.75 Å². The highest BCUT2D eigenvalue weighted by atomic mass is 35.5. The molecule has 1 aromatic heterocycles. The van der Waals surface area contributed by atoms with Gasteiger partial charge in [0.2, 0.25) is 0 Å². The third-order valence-electron chi connectivity index (χ3n) is 2.84. The first kappa shape index (κ1) is 17.2. The molecule has 2 rings (SSSR count). The molecule has 0 bridgehead atoms. The number of anilines is 1. The number of carbonyl (C=O) groups excluding carboxylic acids is 1. The van der Waals surface area contributed by atoms with E-state index in [1.807, 2.05) is 0 Å². The predicted octanol–water partition coefficient (Wildman–Crippen LogP) is 4.03. The molecule has 0 atom stereocenters. The summed E-state index contributed by atoms with van der Waals surface area (Å²) in [6, 6.07) is 5.50. The van der Waals surface area contributed by atoms with Gasteiger partial charge in [-0.05, 0) is 24.3 Å². The number of halogens is 4. The van der Waals surface area contributed by atoms with Crippen LogP contribution in [-0.4, -0.2) is 24.7 Å². The molecule has 0 saturated heterocycles. The molecule has 0 fully saturated rings. The van der Waals surface area contributed by atoms with E-state index in [1.165, 1.54) is 31.4 Å². The lowest BCUT2D eigenvalue weighted by Crippen LogP contribution is -2.09. The van der Waals surface area contributed by atoms with Crippen molar-refractivity contribution in [1.82, 2.24) is 4.98 Å². The number of aromatic nitrogens is 1. The quantitative estimate of drug-likeness (QED) is 0.831. The van der Waals surface area contributed by atoms with Crippen LogP contribution in [0.2, 0.25) is 10.0 Å². The molecule has 0 spiro atoms. The zero-order valence-corrected chi connectivity index (χ0v) is 13.2. The van der Waals surface area contributed by atoms with E-state index in [-0.39, 0.29) is 32.9 Å². The van der Waals surface area contributed by atoms with E-state index in [0.29, 0.717) is 5.56 Å². The van der Waals surface area contributed by atoms with Gasteiger partial charge in [0.1, 0.15) is 5.75 Å². The van der Waals surface area contributed by atoms with Gasteiger partial charge in [0, 0.05) is 5.56 Å². The van der Waals surface area contributed by atoms with Gasteiger partial charge in [-0.3, -0.25) is 0 Å². The lowest BCUT2D eigenvalue weighted by Gasteiger charge is -2.12. The fourth-order valence-corrected chi connectivity index (χ4v) is 2.29. The normalized spacial score (nSPS) is 10.7. The van der Waals surface area contributed by atoms with E-state index < -0.39 is 12.6 Å². The Hall–Kier alpha value is -2.12. The van der Waals surface area contributed by atoms with Crippen LogP contribution in [0.25, 0.3) is 11.3 Å². The van der Waals surface area contributed by atoms with Crippen LogP contribution in [0.4, 0.5) is 14.5 Å². The smallest absolute Gasteiger partial charge is 0.387 e. The second-order valence-electron chi connectivity index (χ2n) is 4.25. The van der Waals surface area contributed by atoms with Crippen molar-refractivity contribution in [2.24, 2.45) is 0 Å². The van der Waals surface area contributed by atoms with E-state index in [9.17, 15) is 13.6 Å². The number of benzene rings is 1. The standard InChI is InChI=1S/C14H10Cl2F2N2O3/c1-22-13(21)12-9(16)10(19)8(15)11(20-12)6-2-4-7(5-3-6)23-14(17)18/h2-5,14H,1H3,(H2,19,20). The number of alkyl halides is 2. The Morgan fingerprint density at radius 3 is 2.35 bits per heavy atom. The molecule has 0 radical (unpaired) electrons. The highest BCUT2D eigenvalue weighted by molar-refractivity contribution is 6.41. The number of pyridine rings is 1. The highest BCUT2D eigenvalue weighted by Gasteiger charge is 2.21.